The molecule has 0 saturated carbocycles. The van der Waals surface area contributed by atoms with Crippen LogP contribution < -0.4 is 10.6 Å². The van der Waals surface area contributed by atoms with Crippen molar-refractivity contribution in [2.75, 3.05) is 33.2 Å². The lowest BCUT2D eigenvalue weighted by Crippen LogP contribution is -2.49. The van der Waals surface area contributed by atoms with Gasteiger partial charge in [0.25, 0.3) is 5.91 Å². The molecular formula is C18H30N6O2. The third kappa shape index (κ3) is 4.00. The number of piperidine rings is 1. The molecule has 1 atom stereocenters. The van der Waals surface area contributed by atoms with Crippen molar-refractivity contribution in [1.29, 1.82) is 0 Å². The monoisotopic (exact) mass is 362 g/mol. The van der Waals surface area contributed by atoms with Gasteiger partial charge >= 0.3 is 6.03 Å². The van der Waals surface area contributed by atoms with E-state index in [0.717, 1.165) is 30.8 Å². The van der Waals surface area contributed by atoms with E-state index in [1.807, 2.05) is 0 Å². The molecule has 1 aromatic rings. The summed E-state index contributed by atoms with van der Waals surface area (Å²) in [6, 6.07) is 0.338. The minimum absolute atomic E-state index is 0.0600. The van der Waals surface area contributed by atoms with E-state index < -0.39 is 0 Å². The average Bonchev–Trinajstić information content (AvgIpc) is 3.11. The van der Waals surface area contributed by atoms with Crippen LogP contribution in [0.3, 0.4) is 0 Å². The van der Waals surface area contributed by atoms with Crippen molar-refractivity contribution in [2.24, 2.45) is 0 Å². The molecular weight excluding hydrogens is 332 g/mol. The number of carbonyl (C=O) groups excluding carboxylic acids is 2. The van der Waals surface area contributed by atoms with Crippen LogP contribution in [-0.4, -0.2) is 71.2 Å². The smallest absolute Gasteiger partial charge is 0.317 e. The maximum atomic E-state index is 12.6. The molecule has 8 nitrogen and oxygen atoms in total. The van der Waals surface area contributed by atoms with Crippen LogP contribution in [0, 0.1) is 0 Å². The quantitative estimate of drug-likeness (QED) is 0.731. The van der Waals surface area contributed by atoms with Gasteiger partial charge in [-0.3, -0.25) is 14.8 Å². The molecule has 8 heteroatoms. The number of aromatic nitrogens is 2. The van der Waals surface area contributed by atoms with Crippen LogP contribution in [0.5, 0.6) is 0 Å². The topological polar surface area (TPSA) is 93.4 Å². The Morgan fingerprint density at radius 3 is 2.69 bits per heavy atom. The van der Waals surface area contributed by atoms with Crippen molar-refractivity contribution in [3.8, 4) is 0 Å². The highest BCUT2D eigenvalue weighted by Gasteiger charge is 2.28. The molecule has 0 spiro atoms. The second kappa shape index (κ2) is 8.53. The van der Waals surface area contributed by atoms with E-state index in [1.165, 1.54) is 19.3 Å². The first-order chi connectivity index (χ1) is 12.6. The molecule has 1 aromatic heterocycles. The van der Waals surface area contributed by atoms with Gasteiger partial charge in [-0.05, 0) is 32.4 Å². The summed E-state index contributed by atoms with van der Waals surface area (Å²) < 4.78 is 0. The number of urea groups is 1. The van der Waals surface area contributed by atoms with Crippen molar-refractivity contribution in [3.63, 3.8) is 0 Å². The molecule has 2 aliphatic rings. The molecule has 0 aromatic carbocycles. The van der Waals surface area contributed by atoms with Crippen molar-refractivity contribution in [3.05, 3.63) is 17.0 Å². The SMILES string of the molecule is CCC(CNC(=O)N1CCc2[nH]nc(C(=O)NC)c2C1)N1CCCCC1. The average molecular weight is 362 g/mol. The van der Waals surface area contributed by atoms with Crippen LogP contribution in [0.4, 0.5) is 4.79 Å². The molecule has 0 aliphatic carbocycles. The lowest BCUT2D eigenvalue weighted by Gasteiger charge is -2.35. The number of nitrogens with zero attached hydrogens (tertiary/aromatic N) is 3. The summed E-state index contributed by atoms with van der Waals surface area (Å²) in [6.45, 7) is 6.17. The fraction of sp³-hybridized carbons (Fsp3) is 0.722. The van der Waals surface area contributed by atoms with E-state index in [9.17, 15) is 9.59 Å². The van der Waals surface area contributed by atoms with Gasteiger partial charge in [-0.1, -0.05) is 13.3 Å². The highest BCUT2D eigenvalue weighted by molar-refractivity contribution is 5.94. The number of hydrogen-bond donors (Lipinski definition) is 3. The van der Waals surface area contributed by atoms with Gasteiger partial charge in [0.15, 0.2) is 5.69 Å². The van der Waals surface area contributed by atoms with E-state index in [1.54, 1.807) is 11.9 Å². The lowest BCUT2D eigenvalue weighted by atomic mass is 10.1. The largest absolute Gasteiger partial charge is 0.354 e. The summed E-state index contributed by atoms with van der Waals surface area (Å²) in [4.78, 5) is 28.9. The number of H-pyrrole nitrogens is 1. The van der Waals surface area contributed by atoms with E-state index in [0.29, 0.717) is 37.8 Å². The molecule has 26 heavy (non-hydrogen) atoms. The Morgan fingerprint density at radius 2 is 2.00 bits per heavy atom. The Kier molecular flexibility index (Phi) is 6.13. The summed E-state index contributed by atoms with van der Waals surface area (Å²) in [7, 11) is 1.59. The molecule has 0 radical (unpaired) electrons. The van der Waals surface area contributed by atoms with Crippen LogP contribution in [0.2, 0.25) is 0 Å². The Bertz CT molecular complexity index is 638. The summed E-state index contributed by atoms with van der Waals surface area (Å²) >= 11 is 0. The van der Waals surface area contributed by atoms with Crippen molar-refractivity contribution < 1.29 is 9.59 Å². The second-order valence-corrected chi connectivity index (χ2v) is 7.12. The van der Waals surface area contributed by atoms with Crippen LogP contribution in [-0.2, 0) is 13.0 Å². The molecule has 1 fully saturated rings. The van der Waals surface area contributed by atoms with E-state index in [-0.39, 0.29) is 11.9 Å². The van der Waals surface area contributed by atoms with E-state index in [2.05, 4.69) is 32.7 Å². The van der Waals surface area contributed by atoms with Crippen LogP contribution in [0.1, 0.15) is 54.4 Å². The number of fused-ring (bicyclic) bond motifs is 1. The van der Waals surface area contributed by atoms with Gasteiger partial charge in [-0.25, -0.2) is 4.79 Å². The molecule has 2 aliphatic heterocycles. The maximum Gasteiger partial charge on any atom is 0.317 e. The Labute approximate surface area is 154 Å². The number of aromatic amines is 1. The third-order valence-electron chi connectivity index (χ3n) is 5.53. The molecule has 3 rings (SSSR count). The van der Waals surface area contributed by atoms with E-state index in [4.69, 9.17) is 0 Å². The first-order valence-corrected chi connectivity index (χ1v) is 9.69. The normalized spacial score (nSPS) is 18.9. The number of hydrogen-bond acceptors (Lipinski definition) is 4. The fourth-order valence-electron chi connectivity index (χ4n) is 3.91. The van der Waals surface area contributed by atoms with Gasteiger partial charge in [0, 0.05) is 43.9 Å². The fourth-order valence-corrected chi connectivity index (χ4v) is 3.91. The standard InChI is InChI=1S/C18H30N6O2/c1-3-13(23-8-5-4-6-9-23)11-20-18(26)24-10-7-15-14(12-24)16(22-21-15)17(25)19-2/h13H,3-12H2,1-2H3,(H,19,25)(H,20,26)(H,21,22). The van der Waals surface area contributed by atoms with Gasteiger partial charge < -0.3 is 15.5 Å². The van der Waals surface area contributed by atoms with Crippen molar-refractivity contribution in [1.82, 2.24) is 30.6 Å². The van der Waals surface area contributed by atoms with Crippen molar-refractivity contribution in [2.45, 2.75) is 51.6 Å². The summed E-state index contributed by atoms with van der Waals surface area (Å²) in [6.07, 6.45) is 5.54. The van der Waals surface area contributed by atoms with E-state index >= 15 is 0 Å². The first kappa shape index (κ1) is 18.7. The van der Waals surface area contributed by atoms with Gasteiger partial charge in [0.2, 0.25) is 0 Å². The zero-order valence-electron chi connectivity index (χ0n) is 15.8. The van der Waals surface area contributed by atoms with Crippen LogP contribution in [0.15, 0.2) is 0 Å². The lowest BCUT2D eigenvalue weighted by molar-refractivity contribution is 0.0955. The summed E-state index contributed by atoms with van der Waals surface area (Å²) in [5.41, 5.74) is 2.17. The minimum atomic E-state index is -0.221. The highest BCUT2D eigenvalue weighted by Crippen LogP contribution is 2.20. The van der Waals surface area contributed by atoms with Gasteiger partial charge in [-0.2, -0.15) is 5.10 Å². The molecule has 144 valence electrons. The molecule has 1 saturated heterocycles. The maximum absolute atomic E-state index is 12.6. The molecule has 3 heterocycles. The Balaban J connectivity index is 1.57. The van der Waals surface area contributed by atoms with Gasteiger partial charge in [0.05, 0.1) is 6.54 Å². The highest BCUT2D eigenvalue weighted by atomic mass is 16.2. The number of carbonyl (C=O) groups is 2. The number of likely N-dealkylation sites (tertiary alicyclic amines) is 1. The Morgan fingerprint density at radius 1 is 1.23 bits per heavy atom. The van der Waals surface area contributed by atoms with Crippen LogP contribution >= 0.6 is 0 Å². The first-order valence-electron chi connectivity index (χ1n) is 9.69. The van der Waals surface area contributed by atoms with Gasteiger partial charge in [0.1, 0.15) is 0 Å². The number of amides is 3. The second-order valence-electron chi connectivity index (χ2n) is 7.12. The number of nitrogens with one attached hydrogen (secondary N) is 3. The zero-order chi connectivity index (χ0) is 18.5. The van der Waals surface area contributed by atoms with Crippen molar-refractivity contribution >= 4 is 11.9 Å². The number of rotatable bonds is 5. The zero-order valence-corrected chi connectivity index (χ0v) is 15.8. The summed E-state index contributed by atoms with van der Waals surface area (Å²) in [5, 5.41) is 12.7. The third-order valence-corrected chi connectivity index (χ3v) is 5.53. The molecule has 0 bridgehead atoms. The molecule has 3 N–H and O–H groups in total. The Hall–Kier alpha value is -2.09. The predicted octanol–water partition coefficient (Wildman–Crippen LogP) is 1.10. The summed E-state index contributed by atoms with van der Waals surface area (Å²) in [5.74, 6) is -0.221. The van der Waals surface area contributed by atoms with Gasteiger partial charge in [-0.15, -0.1) is 0 Å². The molecule has 3 amide bonds. The predicted molar refractivity (Wildman–Crippen MR) is 99.0 cm³/mol. The minimum Gasteiger partial charge on any atom is -0.354 e. The van der Waals surface area contributed by atoms with Crippen LogP contribution in [0.25, 0.3) is 0 Å². The molecule has 1 unspecified atom stereocenters.